The summed E-state index contributed by atoms with van der Waals surface area (Å²) in [7, 11) is 0. The van der Waals surface area contributed by atoms with Gasteiger partial charge in [0.15, 0.2) is 0 Å². The van der Waals surface area contributed by atoms with Crippen molar-refractivity contribution >= 4 is 17.6 Å². The zero-order valence-corrected chi connectivity index (χ0v) is 10.8. The molecule has 0 spiro atoms. The highest BCUT2D eigenvalue weighted by Crippen LogP contribution is 2.18. The first-order valence-corrected chi connectivity index (χ1v) is 5.66. The topological polar surface area (TPSA) is 95.7 Å². The fourth-order valence-corrected chi connectivity index (χ4v) is 1.28. The lowest BCUT2D eigenvalue weighted by Gasteiger charge is -2.06. The Morgan fingerprint density at radius 3 is 2.45 bits per heavy atom. The molecule has 106 valence electrons. The highest BCUT2D eigenvalue weighted by molar-refractivity contribution is 5.93. The highest BCUT2D eigenvalue weighted by Gasteiger charge is 2.20. The van der Waals surface area contributed by atoms with Gasteiger partial charge >= 0.3 is 11.9 Å². The van der Waals surface area contributed by atoms with E-state index in [-0.39, 0.29) is 30.0 Å². The summed E-state index contributed by atoms with van der Waals surface area (Å²) in [6.07, 6.45) is 0. The van der Waals surface area contributed by atoms with Gasteiger partial charge in [-0.15, -0.1) is 0 Å². The van der Waals surface area contributed by atoms with E-state index in [1.807, 2.05) is 0 Å². The van der Waals surface area contributed by atoms with Gasteiger partial charge in [-0.3, -0.25) is 10.1 Å². The minimum atomic E-state index is -0.844. The van der Waals surface area contributed by atoms with Crippen LogP contribution < -0.4 is 0 Å². The zero-order valence-electron chi connectivity index (χ0n) is 10.8. The van der Waals surface area contributed by atoms with Gasteiger partial charge in [-0.25, -0.2) is 9.59 Å². The molecule has 0 radical (unpaired) electrons. The van der Waals surface area contributed by atoms with E-state index in [4.69, 9.17) is 9.47 Å². The summed E-state index contributed by atoms with van der Waals surface area (Å²) in [6.45, 7) is 4.55. The van der Waals surface area contributed by atoms with Gasteiger partial charge in [-0.05, 0) is 13.0 Å². The monoisotopic (exact) mass is 279 g/mol. The van der Waals surface area contributed by atoms with E-state index >= 15 is 0 Å². The van der Waals surface area contributed by atoms with Crippen LogP contribution >= 0.6 is 0 Å². The second kappa shape index (κ2) is 7.03. The number of nitrogens with zero attached hydrogens (tertiary/aromatic N) is 1. The number of nitro benzene ring substituents is 1. The van der Waals surface area contributed by atoms with Gasteiger partial charge in [0.05, 0.1) is 4.92 Å². The Balaban J connectivity index is 2.54. The van der Waals surface area contributed by atoms with Crippen molar-refractivity contribution in [2.24, 2.45) is 0 Å². The largest absolute Gasteiger partial charge is 0.459 e. The summed E-state index contributed by atoms with van der Waals surface area (Å²) < 4.78 is 9.52. The third kappa shape index (κ3) is 4.20. The van der Waals surface area contributed by atoms with Crippen molar-refractivity contribution in [1.82, 2.24) is 0 Å². The normalized spacial score (nSPS) is 9.65. The lowest BCUT2D eigenvalue weighted by Crippen LogP contribution is -2.15. The standard InChI is InChI=1S/C13H13NO6/c1-9(2)12(15)19-7-8-20-13(16)10-5-3-4-6-11(10)14(17)18/h3-6H,1,7-8H2,2H3. The number of carbonyl (C=O) groups is 2. The first kappa shape index (κ1) is 15.4. The van der Waals surface area contributed by atoms with Crippen molar-refractivity contribution < 1.29 is 24.0 Å². The molecule has 0 saturated heterocycles. The second-order valence-corrected chi connectivity index (χ2v) is 3.83. The molecule has 20 heavy (non-hydrogen) atoms. The van der Waals surface area contributed by atoms with E-state index in [1.54, 1.807) is 0 Å². The predicted octanol–water partition coefficient (Wildman–Crippen LogP) is 1.87. The molecule has 0 fully saturated rings. The number of rotatable bonds is 6. The first-order valence-electron chi connectivity index (χ1n) is 5.66. The van der Waals surface area contributed by atoms with Gasteiger partial charge in [0.1, 0.15) is 18.8 Å². The summed E-state index contributed by atoms with van der Waals surface area (Å²) in [5.74, 6) is -1.43. The molecule has 0 saturated carbocycles. The van der Waals surface area contributed by atoms with E-state index < -0.39 is 16.9 Å². The number of hydrogen-bond acceptors (Lipinski definition) is 6. The molecule has 7 nitrogen and oxygen atoms in total. The van der Waals surface area contributed by atoms with Crippen molar-refractivity contribution in [3.63, 3.8) is 0 Å². The molecule has 0 N–H and O–H groups in total. The number of hydrogen-bond donors (Lipinski definition) is 0. The van der Waals surface area contributed by atoms with Crippen LogP contribution in [-0.2, 0) is 14.3 Å². The van der Waals surface area contributed by atoms with Crippen LogP contribution in [0.3, 0.4) is 0 Å². The quantitative estimate of drug-likeness (QED) is 0.259. The summed E-state index contributed by atoms with van der Waals surface area (Å²) in [6, 6.07) is 5.44. The van der Waals surface area contributed by atoms with Crippen molar-refractivity contribution in [1.29, 1.82) is 0 Å². The Morgan fingerprint density at radius 1 is 1.25 bits per heavy atom. The number of carbonyl (C=O) groups excluding carboxylic acids is 2. The van der Waals surface area contributed by atoms with Crippen LogP contribution in [0.1, 0.15) is 17.3 Å². The number of para-hydroxylation sites is 1. The van der Waals surface area contributed by atoms with Gasteiger partial charge in [-0.1, -0.05) is 18.7 Å². The fraction of sp³-hybridized carbons (Fsp3) is 0.231. The van der Waals surface area contributed by atoms with Gasteiger partial charge in [-0.2, -0.15) is 0 Å². The number of esters is 2. The van der Waals surface area contributed by atoms with Crippen molar-refractivity contribution in [2.75, 3.05) is 13.2 Å². The molecule has 1 rings (SSSR count). The van der Waals surface area contributed by atoms with Crippen molar-refractivity contribution in [3.8, 4) is 0 Å². The molecule has 0 aliphatic heterocycles. The Morgan fingerprint density at radius 2 is 1.85 bits per heavy atom. The lowest BCUT2D eigenvalue weighted by molar-refractivity contribution is -0.385. The minimum Gasteiger partial charge on any atom is -0.459 e. The first-order chi connectivity index (χ1) is 9.43. The van der Waals surface area contributed by atoms with E-state index in [0.717, 1.165) is 0 Å². The van der Waals surface area contributed by atoms with Gasteiger partial charge in [0.25, 0.3) is 5.69 Å². The second-order valence-electron chi connectivity index (χ2n) is 3.83. The van der Waals surface area contributed by atoms with Gasteiger partial charge in [0.2, 0.25) is 0 Å². The summed E-state index contributed by atoms with van der Waals surface area (Å²) in [5.41, 5.74) is -0.254. The van der Waals surface area contributed by atoms with Crippen LogP contribution in [0.4, 0.5) is 5.69 Å². The molecular formula is C13H13NO6. The molecule has 0 amide bonds. The molecule has 0 bridgehead atoms. The van der Waals surface area contributed by atoms with Crippen LogP contribution in [0.2, 0.25) is 0 Å². The van der Waals surface area contributed by atoms with E-state index in [1.165, 1.54) is 31.2 Å². The SMILES string of the molecule is C=C(C)C(=O)OCCOC(=O)c1ccccc1[N+](=O)[O-]. The molecule has 0 unspecified atom stereocenters. The van der Waals surface area contributed by atoms with Crippen LogP contribution in [0, 0.1) is 10.1 Å². The lowest BCUT2D eigenvalue weighted by atomic mass is 10.2. The average Bonchev–Trinajstić information content (AvgIpc) is 2.42. The number of benzene rings is 1. The summed E-state index contributed by atoms with van der Waals surface area (Å²) in [5, 5.41) is 10.7. The predicted molar refractivity (Wildman–Crippen MR) is 69.2 cm³/mol. The molecule has 1 aromatic rings. The molecule has 0 aromatic heterocycles. The van der Waals surface area contributed by atoms with Crippen molar-refractivity contribution in [3.05, 3.63) is 52.1 Å². The minimum absolute atomic E-state index is 0.141. The maximum Gasteiger partial charge on any atom is 0.345 e. The molecule has 1 aromatic carbocycles. The molecule has 0 aliphatic rings. The number of nitro groups is 1. The number of ether oxygens (including phenoxy) is 2. The zero-order chi connectivity index (χ0) is 15.1. The molecule has 7 heteroatoms. The summed E-state index contributed by atoms with van der Waals surface area (Å²) >= 11 is 0. The molecular weight excluding hydrogens is 266 g/mol. The maximum absolute atomic E-state index is 11.7. The van der Waals surface area contributed by atoms with Crippen LogP contribution in [0.15, 0.2) is 36.4 Å². The average molecular weight is 279 g/mol. The third-order valence-corrected chi connectivity index (χ3v) is 2.22. The smallest absolute Gasteiger partial charge is 0.345 e. The summed E-state index contributed by atoms with van der Waals surface area (Å²) in [4.78, 5) is 32.8. The maximum atomic E-state index is 11.7. The highest BCUT2D eigenvalue weighted by atomic mass is 16.6. The Bertz CT molecular complexity index is 552. The molecule has 0 aliphatic carbocycles. The Kier molecular flexibility index (Phi) is 5.40. The van der Waals surface area contributed by atoms with Crippen LogP contribution in [0.5, 0.6) is 0 Å². The van der Waals surface area contributed by atoms with E-state index in [0.29, 0.717) is 0 Å². The molecule has 0 heterocycles. The van der Waals surface area contributed by atoms with Crippen LogP contribution in [0.25, 0.3) is 0 Å². The van der Waals surface area contributed by atoms with Crippen molar-refractivity contribution in [2.45, 2.75) is 6.92 Å². The Hall–Kier alpha value is -2.70. The van der Waals surface area contributed by atoms with Gasteiger partial charge in [0, 0.05) is 11.6 Å². The fourth-order valence-electron chi connectivity index (χ4n) is 1.28. The van der Waals surface area contributed by atoms with Crippen LogP contribution in [-0.4, -0.2) is 30.1 Å². The molecule has 0 atom stereocenters. The third-order valence-electron chi connectivity index (χ3n) is 2.22. The Labute approximate surface area is 114 Å². The van der Waals surface area contributed by atoms with Gasteiger partial charge < -0.3 is 9.47 Å². The van der Waals surface area contributed by atoms with E-state index in [2.05, 4.69) is 6.58 Å². The van der Waals surface area contributed by atoms with E-state index in [9.17, 15) is 19.7 Å².